The molecule has 1 atom stereocenters. The molecule has 0 saturated heterocycles. The Hall–Kier alpha value is -3.65. The van der Waals surface area contributed by atoms with Gasteiger partial charge in [0.15, 0.2) is 0 Å². The van der Waals surface area contributed by atoms with Gasteiger partial charge in [0.1, 0.15) is 0 Å². The monoisotopic (exact) mass is 449 g/mol. The maximum absolute atomic E-state index is 12.7. The van der Waals surface area contributed by atoms with E-state index < -0.39 is 10.2 Å². The number of thioether (sulfide) groups is 1. The van der Waals surface area contributed by atoms with Gasteiger partial charge >= 0.3 is 0 Å². The van der Waals surface area contributed by atoms with Crippen LogP contribution in [0.1, 0.15) is 28.4 Å². The zero-order chi connectivity index (χ0) is 23.3. The van der Waals surface area contributed by atoms with Gasteiger partial charge < -0.3 is 10.6 Å². The van der Waals surface area contributed by atoms with Crippen LogP contribution >= 0.6 is 11.8 Å². The number of aryl methyl sites for hydroxylation is 2. The zero-order valence-corrected chi connectivity index (χ0v) is 18.7. The molecule has 0 aromatic heterocycles. The third-order valence-corrected chi connectivity index (χ3v) is 5.87. The molecule has 0 saturated carbocycles. The summed E-state index contributed by atoms with van der Waals surface area (Å²) in [7, 11) is 0. The number of amides is 2. The molecule has 3 aromatic rings. The number of benzene rings is 3. The average Bonchev–Trinajstić information content (AvgIpc) is 2.75. The molecule has 0 radical (unpaired) electrons. The van der Waals surface area contributed by atoms with E-state index in [1.807, 2.05) is 31.2 Å². The van der Waals surface area contributed by atoms with E-state index in [4.69, 9.17) is 0 Å². The fourth-order valence-corrected chi connectivity index (χ4v) is 3.83. The van der Waals surface area contributed by atoms with Crippen LogP contribution in [0.4, 0.5) is 17.1 Å². The fourth-order valence-electron chi connectivity index (χ4n) is 2.91. The summed E-state index contributed by atoms with van der Waals surface area (Å²) in [4.78, 5) is 36.4. The number of anilines is 2. The van der Waals surface area contributed by atoms with Crippen molar-refractivity contribution < 1.29 is 14.5 Å². The van der Waals surface area contributed by atoms with Gasteiger partial charge in [-0.3, -0.25) is 19.7 Å². The number of carbonyl (C=O) groups excluding carboxylic acids is 2. The molecule has 0 fully saturated rings. The van der Waals surface area contributed by atoms with Crippen LogP contribution in [0.3, 0.4) is 0 Å². The highest BCUT2D eigenvalue weighted by Gasteiger charge is 2.17. The third-order valence-electron chi connectivity index (χ3n) is 4.78. The standard InChI is InChI=1S/C24H23N3O4S/c1-15-7-10-18(11-8-15)24(29)25-19-5-4-6-21(13-19)32-17(3)23(28)26-22-14-20(27(30)31)12-9-16(22)2/h4-14,17H,1-3H3,(H,25,29)(H,26,28). The van der Waals surface area contributed by atoms with Crippen LogP contribution in [0.2, 0.25) is 0 Å². The molecule has 1 unspecified atom stereocenters. The number of nitro groups is 1. The summed E-state index contributed by atoms with van der Waals surface area (Å²) in [6.45, 7) is 5.49. The second-order valence-electron chi connectivity index (χ2n) is 7.35. The first-order valence-corrected chi connectivity index (χ1v) is 10.8. The average molecular weight is 450 g/mol. The Morgan fingerprint density at radius 2 is 1.69 bits per heavy atom. The number of rotatable bonds is 7. The maximum atomic E-state index is 12.7. The van der Waals surface area contributed by atoms with E-state index in [1.54, 1.807) is 44.2 Å². The van der Waals surface area contributed by atoms with Crippen molar-refractivity contribution in [3.8, 4) is 0 Å². The predicted molar refractivity (Wildman–Crippen MR) is 127 cm³/mol. The number of hydrogen-bond donors (Lipinski definition) is 2. The summed E-state index contributed by atoms with van der Waals surface area (Å²) >= 11 is 1.33. The van der Waals surface area contributed by atoms with Crippen LogP contribution in [0.15, 0.2) is 71.6 Å². The van der Waals surface area contributed by atoms with Gasteiger partial charge in [0.2, 0.25) is 5.91 Å². The molecule has 2 N–H and O–H groups in total. The minimum atomic E-state index is -0.496. The summed E-state index contributed by atoms with van der Waals surface area (Å²) in [5.41, 5.74) is 3.34. The number of carbonyl (C=O) groups is 2. The zero-order valence-electron chi connectivity index (χ0n) is 17.9. The summed E-state index contributed by atoms with van der Waals surface area (Å²) in [6.07, 6.45) is 0. The molecule has 32 heavy (non-hydrogen) atoms. The van der Waals surface area contributed by atoms with E-state index >= 15 is 0 Å². The van der Waals surface area contributed by atoms with Gasteiger partial charge in [0.05, 0.1) is 15.9 Å². The van der Waals surface area contributed by atoms with Crippen LogP contribution in [-0.2, 0) is 4.79 Å². The number of hydrogen-bond acceptors (Lipinski definition) is 5. The van der Waals surface area contributed by atoms with Crippen molar-refractivity contribution in [2.24, 2.45) is 0 Å². The molecular formula is C24H23N3O4S. The third kappa shape index (κ3) is 5.95. The molecule has 7 nitrogen and oxygen atoms in total. The predicted octanol–water partition coefficient (Wildman–Crippen LogP) is 5.58. The van der Waals surface area contributed by atoms with Gasteiger partial charge in [-0.15, -0.1) is 11.8 Å². The Kier molecular flexibility index (Phi) is 7.27. The number of nitro benzene ring substituents is 1. The molecule has 0 spiro atoms. The highest BCUT2D eigenvalue weighted by atomic mass is 32.2. The van der Waals surface area contributed by atoms with Crippen LogP contribution in [0.5, 0.6) is 0 Å². The molecule has 0 bridgehead atoms. The van der Waals surface area contributed by atoms with E-state index in [0.29, 0.717) is 16.9 Å². The molecule has 164 valence electrons. The highest BCUT2D eigenvalue weighted by Crippen LogP contribution is 2.28. The molecule has 3 rings (SSSR count). The van der Waals surface area contributed by atoms with E-state index in [9.17, 15) is 19.7 Å². The van der Waals surface area contributed by atoms with Crippen molar-refractivity contribution in [2.45, 2.75) is 30.9 Å². The van der Waals surface area contributed by atoms with E-state index in [1.165, 1.54) is 23.9 Å². The van der Waals surface area contributed by atoms with Crippen molar-refractivity contribution in [3.63, 3.8) is 0 Å². The first-order valence-electron chi connectivity index (χ1n) is 9.93. The van der Waals surface area contributed by atoms with Crippen molar-refractivity contribution in [2.75, 3.05) is 10.6 Å². The molecule has 8 heteroatoms. The summed E-state index contributed by atoms with van der Waals surface area (Å²) in [6, 6.07) is 18.9. The van der Waals surface area contributed by atoms with Gasteiger partial charge in [-0.25, -0.2) is 0 Å². The number of non-ortho nitro benzene ring substituents is 1. The fraction of sp³-hybridized carbons (Fsp3) is 0.167. The Labute approximate surface area is 190 Å². The number of nitrogens with zero attached hydrogens (tertiary/aromatic N) is 1. The lowest BCUT2D eigenvalue weighted by Gasteiger charge is -2.14. The second-order valence-corrected chi connectivity index (χ2v) is 8.77. The van der Waals surface area contributed by atoms with Gasteiger partial charge in [-0.1, -0.05) is 29.8 Å². The lowest BCUT2D eigenvalue weighted by Crippen LogP contribution is -2.22. The van der Waals surface area contributed by atoms with Gasteiger partial charge in [-0.2, -0.15) is 0 Å². The molecule has 0 aliphatic carbocycles. The number of nitrogens with one attached hydrogen (secondary N) is 2. The van der Waals surface area contributed by atoms with E-state index in [-0.39, 0.29) is 17.5 Å². The van der Waals surface area contributed by atoms with Crippen LogP contribution in [0, 0.1) is 24.0 Å². The Morgan fingerprint density at radius 1 is 0.969 bits per heavy atom. The summed E-state index contributed by atoms with van der Waals surface area (Å²) < 4.78 is 0. The van der Waals surface area contributed by atoms with Crippen molar-refractivity contribution in [1.29, 1.82) is 0 Å². The lowest BCUT2D eigenvalue weighted by atomic mass is 10.1. The van der Waals surface area contributed by atoms with E-state index in [2.05, 4.69) is 10.6 Å². The minimum Gasteiger partial charge on any atom is -0.325 e. The van der Waals surface area contributed by atoms with Crippen molar-refractivity contribution >= 4 is 40.6 Å². The van der Waals surface area contributed by atoms with Gasteiger partial charge in [-0.05, 0) is 56.7 Å². The quantitative estimate of drug-likeness (QED) is 0.278. The SMILES string of the molecule is Cc1ccc(C(=O)Nc2cccc(SC(C)C(=O)Nc3cc([N+](=O)[O-])ccc3C)c2)cc1. The first kappa shape index (κ1) is 23.0. The van der Waals surface area contributed by atoms with Crippen LogP contribution in [-0.4, -0.2) is 22.0 Å². The Balaban J connectivity index is 1.65. The Bertz CT molecular complexity index is 1160. The molecule has 0 heterocycles. The molecule has 2 amide bonds. The molecule has 0 aliphatic heterocycles. The lowest BCUT2D eigenvalue weighted by molar-refractivity contribution is -0.384. The largest absolute Gasteiger partial charge is 0.325 e. The molecule has 0 aliphatic rings. The maximum Gasteiger partial charge on any atom is 0.271 e. The van der Waals surface area contributed by atoms with Crippen LogP contribution in [0.25, 0.3) is 0 Å². The van der Waals surface area contributed by atoms with Gasteiger partial charge in [0.25, 0.3) is 11.6 Å². The smallest absolute Gasteiger partial charge is 0.271 e. The van der Waals surface area contributed by atoms with Gasteiger partial charge in [0, 0.05) is 28.3 Å². The summed E-state index contributed by atoms with van der Waals surface area (Å²) in [5.74, 6) is -0.480. The Morgan fingerprint density at radius 3 is 2.38 bits per heavy atom. The molecule has 3 aromatic carbocycles. The van der Waals surface area contributed by atoms with Crippen molar-refractivity contribution in [1.82, 2.24) is 0 Å². The normalized spacial score (nSPS) is 11.5. The minimum absolute atomic E-state index is 0.0803. The highest BCUT2D eigenvalue weighted by molar-refractivity contribution is 8.00. The first-order chi connectivity index (χ1) is 15.2. The van der Waals surface area contributed by atoms with E-state index in [0.717, 1.165) is 16.0 Å². The van der Waals surface area contributed by atoms with Crippen LogP contribution < -0.4 is 10.6 Å². The molecular weight excluding hydrogens is 426 g/mol. The summed E-state index contributed by atoms with van der Waals surface area (Å²) in [5, 5.41) is 16.2. The second kappa shape index (κ2) is 10.1. The topological polar surface area (TPSA) is 101 Å². The van der Waals surface area contributed by atoms with Crippen molar-refractivity contribution in [3.05, 3.63) is 93.5 Å².